The number of guanidine groups is 1. The quantitative estimate of drug-likeness (QED) is 0.476. The molecule has 2 aliphatic heterocycles. The molecule has 0 spiro atoms. The molecule has 1 saturated heterocycles. The Morgan fingerprint density at radius 2 is 1.94 bits per heavy atom. The van der Waals surface area contributed by atoms with Crippen LogP contribution < -0.4 is 16.0 Å². The van der Waals surface area contributed by atoms with Crippen molar-refractivity contribution >= 4 is 17.6 Å². The van der Waals surface area contributed by atoms with Gasteiger partial charge in [-0.05, 0) is 29.3 Å². The van der Waals surface area contributed by atoms with E-state index in [0.717, 1.165) is 29.9 Å². The molecule has 0 aromatic heterocycles. The Bertz CT molecular complexity index is 944. The largest absolute Gasteiger partial charge is 0.379 e. The van der Waals surface area contributed by atoms with Gasteiger partial charge in [0.2, 0.25) is 5.91 Å². The third-order valence-corrected chi connectivity index (χ3v) is 6.05. The van der Waals surface area contributed by atoms with Gasteiger partial charge < -0.3 is 20.7 Å². The van der Waals surface area contributed by atoms with Crippen molar-refractivity contribution in [2.75, 3.05) is 51.8 Å². The lowest BCUT2D eigenvalue weighted by Crippen LogP contribution is -2.47. The van der Waals surface area contributed by atoms with Crippen LogP contribution in [0.25, 0.3) is 0 Å². The summed E-state index contributed by atoms with van der Waals surface area (Å²) in [5.41, 5.74) is 3.06. The molecule has 2 unspecified atom stereocenters. The summed E-state index contributed by atoms with van der Waals surface area (Å²) < 4.78 is 19.0. The zero-order valence-electron chi connectivity index (χ0n) is 18.3. The molecule has 2 atom stereocenters. The van der Waals surface area contributed by atoms with Crippen molar-refractivity contribution in [3.8, 4) is 0 Å². The van der Waals surface area contributed by atoms with Crippen LogP contribution in [0.2, 0.25) is 0 Å². The minimum atomic E-state index is -0.239. The fourth-order valence-electron chi connectivity index (χ4n) is 4.35. The molecule has 2 aromatic carbocycles. The van der Waals surface area contributed by atoms with E-state index >= 15 is 0 Å². The zero-order chi connectivity index (χ0) is 22.3. The normalized spacial score (nSPS) is 20.2. The summed E-state index contributed by atoms with van der Waals surface area (Å²) >= 11 is 0. The first kappa shape index (κ1) is 22.2. The lowest BCUT2D eigenvalue weighted by molar-refractivity contribution is -0.116. The van der Waals surface area contributed by atoms with Gasteiger partial charge in [-0.3, -0.25) is 14.7 Å². The number of carbonyl (C=O) groups excluding carboxylic acids is 1. The number of nitrogens with zero attached hydrogens (tertiary/aromatic N) is 2. The highest BCUT2D eigenvalue weighted by molar-refractivity contribution is 5.94. The summed E-state index contributed by atoms with van der Waals surface area (Å²) in [6.45, 7) is 4.24. The van der Waals surface area contributed by atoms with Gasteiger partial charge in [0.05, 0.1) is 19.3 Å². The maximum atomic E-state index is 13.5. The van der Waals surface area contributed by atoms with Gasteiger partial charge in [0.1, 0.15) is 5.82 Å². The number of para-hydroxylation sites is 1. The zero-order valence-corrected chi connectivity index (χ0v) is 18.3. The predicted octanol–water partition coefficient (Wildman–Crippen LogP) is 2.49. The molecule has 2 aromatic rings. The standard InChI is InChI=1S/C24H30FN5O2/c1-26-24(27-15-18-14-23(31)29-21-5-3-2-4-20(18)21)28-16-22(30-10-12-32-13-11-30)17-6-8-19(25)9-7-17/h2-9,18,22H,10-16H2,1H3,(H,29,31)(H2,26,27,28). The van der Waals surface area contributed by atoms with E-state index in [-0.39, 0.29) is 23.7 Å². The molecule has 170 valence electrons. The number of ether oxygens (including phenoxy) is 1. The molecular formula is C24H30FN5O2. The fourth-order valence-corrected chi connectivity index (χ4v) is 4.35. The molecule has 0 saturated carbocycles. The molecule has 1 amide bonds. The Morgan fingerprint density at radius 1 is 1.19 bits per heavy atom. The minimum absolute atomic E-state index is 0.0298. The number of carbonyl (C=O) groups is 1. The highest BCUT2D eigenvalue weighted by Gasteiger charge is 2.26. The molecule has 4 rings (SSSR count). The second-order valence-corrected chi connectivity index (χ2v) is 8.09. The smallest absolute Gasteiger partial charge is 0.225 e. The van der Waals surface area contributed by atoms with E-state index in [2.05, 4.69) is 31.9 Å². The number of fused-ring (bicyclic) bond motifs is 1. The number of hydrogen-bond acceptors (Lipinski definition) is 4. The lowest BCUT2D eigenvalue weighted by atomic mass is 9.90. The molecule has 8 heteroatoms. The topological polar surface area (TPSA) is 78.0 Å². The maximum absolute atomic E-state index is 13.5. The van der Waals surface area contributed by atoms with Gasteiger partial charge in [-0.2, -0.15) is 0 Å². The van der Waals surface area contributed by atoms with Gasteiger partial charge in [0, 0.05) is 51.3 Å². The number of aliphatic imine (C=N–C) groups is 1. The molecule has 0 radical (unpaired) electrons. The van der Waals surface area contributed by atoms with Gasteiger partial charge in [-0.15, -0.1) is 0 Å². The van der Waals surface area contributed by atoms with Crippen LogP contribution in [-0.2, 0) is 9.53 Å². The number of nitrogens with one attached hydrogen (secondary N) is 3. The van der Waals surface area contributed by atoms with E-state index < -0.39 is 0 Å². The lowest BCUT2D eigenvalue weighted by Gasteiger charge is -2.35. The number of hydrogen-bond donors (Lipinski definition) is 3. The maximum Gasteiger partial charge on any atom is 0.225 e. The first-order valence-electron chi connectivity index (χ1n) is 11.0. The van der Waals surface area contributed by atoms with Gasteiger partial charge >= 0.3 is 0 Å². The summed E-state index contributed by atoms with van der Waals surface area (Å²) in [5, 5.41) is 9.73. The van der Waals surface area contributed by atoms with Gasteiger partial charge in [0.15, 0.2) is 5.96 Å². The highest BCUT2D eigenvalue weighted by Crippen LogP contribution is 2.31. The Balaban J connectivity index is 1.40. The average Bonchev–Trinajstić information content (AvgIpc) is 2.82. The van der Waals surface area contributed by atoms with Crippen molar-refractivity contribution < 1.29 is 13.9 Å². The SMILES string of the molecule is CN=C(NCC1CC(=O)Nc2ccccc21)NCC(c1ccc(F)cc1)N1CCOCC1. The third kappa shape index (κ3) is 5.44. The number of anilines is 1. The van der Waals surface area contributed by atoms with Crippen LogP contribution in [-0.4, -0.2) is 63.2 Å². The minimum Gasteiger partial charge on any atom is -0.379 e. The Morgan fingerprint density at radius 3 is 2.69 bits per heavy atom. The van der Waals surface area contributed by atoms with Crippen molar-refractivity contribution in [2.45, 2.75) is 18.4 Å². The van der Waals surface area contributed by atoms with E-state index in [1.165, 1.54) is 12.1 Å². The van der Waals surface area contributed by atoms with E-state index in [0.29, 0.717) is 38.7 Å². The van der Waals surface area contributed by atoms with Crippen LogP contribution in [0.3, 0.4) is 0 Å². The molecule has 2 aliphatic rings. The second kappa shape index (κ2) is 10.6. The van der Waals surface area contributed by atoms with Crippen LogP contribution in [0.15, 0.2) is 53.5 Å². The molecule has 2 heterocycles. The monoisotopic (exact) mass is 439 g/mol. The van der Waals surface area contributed by atoms with Gasteiger partial charge in [-0.25, -0.2) is 4.39 Å². The van der Waals surface area contributed by atoms with Crippen molar-refractivity contribution in [3.63, 3.8) is 0 Å². The van der Waals surface area contributed by atoms with Crippen LogP contribution >= 0.6 is 0 Å². The predicted molar refractivity (Wildman–Crippen MR) is 123 cm³/mol. The Kier molecular flexibility index (Phi) is 7.34. The van der Waals surface area contributed by atoms with Crippen LogP contribution in [0.1, 0.15) is 29.5 Å². The molecule has 3 N–H and O–H groups in total. The van der Waals surface area contributed by atoms with Crippen LogP contribution in [0.5, 0.6) is 0 Å². The van der Waals surface area contributed by atoms with Crippen LogP contribution in [0.4, 0.5) is 10.1 Å². The Labute approximate surface area is 188 Å². The fraction of sp³-hybridized carbons (Fsp3) is 0.417. The summed E-state index contributed by atoms with van der Waals surface area (Å²) in [4.78, 5) is 18.8. The Hall–Kier alpha value is -2.97. The van der Waals surface area contributed by atoms with E-state index in [1.54, 1.807) is 7.05 Å². The molecule has 0 bridgehead atoms. The molecule has 32 heavy (non-hydrogen) atoms. The van der Waals surface area contributed by atoms with E-state index in [9.17, 15) is 9.18 Å². The summed E-state index contributed by atoms with van der Waals surface area (Å²) in [5.74, 6) is 0.540. The summed E-state index contributed by atoms with van der Waals surface area (Å²) in [7, 11) is 1.73. The summed E-state index contributed by atoms with van der Waals surface area (Å²) in [6, 6.07) is 14.7. The van der Waals surface area contributed by atoms with Crippen molar-refractivity contribution in [2.24, 2.45) is 4.99 Å². The number of benzene rings is 2. The van der Waals surface area contributed by atoms with Gasteiger partial charge in [0.25, 0.3) is 0 Å². The number of amides is 1. The highest BCUT2D eigenvalue weighted by atomic mass is 19.1. The van der Waals surface area contributed by atoms with Crippen LogP contribution in [0, 0.1) is 5.82 Å². The first-order chi connectivity index (χ1) is 15.6. The van der Waals surface area contributed by atoms with Crippen molar-refractivity contribution in [3.05, 3.63) is 65.5 Å². The van der Waals surface area contributed by atoms with E-state index in [1.807, 2.05) is 30.3 Å². The number of rotatable bonds is 6. The molecular weight excluding hydrogens is 409 g/mol. The number of halogens is 1. The molecule has 0 aliphatic carbocycles. The first-order valence-corrected chi connectivity index (χ1v) is 11.0. The van der Waals surface area contributed by atoms with Crippen molar-refractivity contribution in [1.29, 1.82) is 0 Å². The summed E-state index contributed by atoms with van der Waals surface area (Å²) in [6.07, 6.45) is 0.437. The third-order valence-electron chi connectivity index (χ3n) is 6.05. The molecule has 7 nitrogen and oxygen atoms in total. The average molecular weight is 440 g/mol. The molecule has 1 fully saturated rings. The van der Waals surface area contributed by atoms with Crippen molar-refractivity contribution in [1.82, 2.24) is 15.5 Å². The van der Waals surface area contributed by atoms with E-state index in [4.69, 9.17) is 4.74 Å². The van der Waals surface area contributed by atoms with Gasteiger partial charge in [-0.1, -0.05) is 30.3 Å². The number of morpholine rings is 1. The second-order valence-electron chi connectivity index (χ2n) is 8.09.